The number of ether oxygens (including phenoxy) is 2. The highest BCUT2D eigenvalue weighted by atomic mass is 16.5. The third-order valence-corrected chi connectivity index (χ3v) is 4.65. The van der Waals surface area contributed by atoms with Crippen LogP contribution < -0.4 is 20.1 Å². The van der Waals surface area contributed by atoms with Gasteiger partial charge in [-0.3, -0.25) is 0 Å². The number of nitrogens with one attached hydrogen (secondary N) is 2. The van der Waals surface area contributed by atoms with Crippen LogP contribution in [0.1, 0.15) is 31.2 Å². The number of hydrogen-bond acceptors (Lipinski definition) is 3. The molecule has 0 unspecified atom stereocenters. The van der Waals surface area contributed by atoms with Crippen molar-refractivity contribution in [2.24, 2.45) is 0 Å². The van der Waals surface area contributed by atoms with Crippen LogP contribution in [-0.2, 0) is 0 Å². The highest BCUT2D eigenvalue weighted by molar-refractivity contribution is 5.89. The van der Waals surface area contributed by atoms with E-state index in [0.717, 1.165) is 48.4 Å². The van der Waals surface area contributed by atoms with E-state index in [9.17, 15) is 4.79 Å². The average molecular weight is 354 g/mol. The molecular weight excluding hydrogens is 328 g/mol. The Kier molecular flexibility index (Phi) is 6.00. The summed E-state index contributed by atoms with van der Waals surface area (Å²) in [4.78, 5) is 12.2. The van der Waals surface area contributed by atoms with E-state index in [1.807, 2.05) is 55.5 Å². The second-order valence-electron chi connectivity index (χ2n) is 6.73. The van der Waals surface area contributed by atoms with Gasteiger partial charge < -0.3 is 20.1 Å². The highest BCUT2D eigenvalue weighted by Gasteiger charge is 2.23. The normalized spacial score (nSPS) is 19.5. The molecule has 5 heteroatoms. The van der Waals surface area contributed by atoms with Crippen molar-refractivity contribution in [3.05, 3.63) is 54.1 Å². The lowest BCUT2D eigenvalue weighted by molar-refractivity contribution is 0.141. The zero-order chi connectivity index (χ0) is 18.4. The SMILES string of the molecule is COc1ccc(OC2CCC(NC(=O)Nc3cccc(C)c3)CC2)cc1. The van der Waals surface area contributed by atoms with Gasteiger partial charge in [-0.2, -0.15) is 0 Å². The van der Waals surface area contributed by atoms with Crippen molar-refractivity contribution in [1.29, 1.82) is 0 Å². The fraction of sp³-hybridized carbons (Fsp3) is 0.381. The summed E-state index contributed by atoms with van der Waals surface area (Å²) in [7, 11) is 1.65. The van der Waals surface area contributed by atoms with Crippen molar-refractivity contribution in [2.75, 3.05) is 12.4 Å². The van der Waals surface area contributed by atoms with Crippen LogP contribution in [0.3, 0.4) is 0 Å². The molecular formula is C21H26N2O3. The van der Waals surface area contributed by atoms with Gasteiger partial charge in [0.05, 0.1) is 13.2 Å². The van der Waals surface area contributed by atoms with Crippen molar-refractivity contribution < 1.29 is 14.3 Å². The van der Waals surface area contributed by atoms with E-state index in [0.29, 0.717) is 0 Å². The Morgan fingerprint density at radius 2 is 1.69 bits per heavy atom. The van der Waals surface area contributed by atoms with Crippen LogP contribution in [0, 0.1) is 6.92 Å². The Bertz CT molecular complexity index is 722. The van der Waals surface area contributed by atoms with Gasteiger partial charge in [0, 0.05) is 11.7 Å². The molecule has 0 aromatic heterocycles. The number of aryl methyl sites for hydroxylation is 1. The second kappa shape index (κ2) is 8.61. The predicted octanol–water partition coefficient (Wildman–Crippen LogP) is 4.52. The average Bonchev–Trinajstić information content (AvgIpc) is 2.64. The molecule has 1 aliphatic rings. The van der Waals surface area contributed by atoms with E-state index in [1.54, 1.807) is 7.11 Å². The first kappa shape index (κ1) is 18.1. The minimum Gasteiger partial charge on any atom is -0.497 e. The first-order chi connectivity index (χ1) is 12.6. The molecule has 5 nitrogen and oxygen atoms in total. The van der Waals surface area contributed by atoms with Gasteiger partial charge in [0.15, 0.2) is 0 Å². The third-order valence-electron chi connectivity index (χ3n) is 4.65. The molecule has 0 heterocycles. The monoisotopic (exact) mass is 354 g/mol. The maximum absolute atomic E-state index is 12.2. The van der Waals surface area contributed by atoms with E-state index >= 15 is 0 Å². The van der Waals surface area contributed by atoms with Crippen LogP contribution in [0.4, 0.5) is 10.5 Å². The minimum atomic E-state index is -0.143. The highest BCUT2D eigenvalue weighted by Crippen LogP contribution is 2.25. The van der Waals surface area contributed by atoms with Gasteiger partial charge >= 0.3 is 6.03 Å². The molecule has 0 radical (unpaired) electrons. The number of methoxy groups -OCH3 is 1. The molecule has 2 aromatic carbocycles. The Morgan fingerprint density at radius 1 is 1.00 bits per heavy atom. The number of hydrogen-bond donors (Lipinski definition) is 2. The van der Waals surface area contributed by atoms with Gasteiger partial charge in [-0.25, -0.2) is 4.79 Å². The van der Waals surface area contributed by atoms with Crippen LogP contribution in [0.2, 0.25) is 0 Å². The summed E-state index contributed by atoms with van der Waals surface area (Å²) in [5.74, 6) is 1.68. The lowest BCUT2D eigenvalue weighted by atomic mass is 9.93. The number of benzene rings is 2. The first-order valence-corrected chi connectivity index (χ1v) is 9.07. The smallest absolute Gasteiger partial charge is 0.319 e. The number of rotatable bonds is 5. The van der Waals surface area contributed by atoms with Crippen LogP contribution >= 0.6 is 0 Å². The summed E-state index contributed by atoms with van der Waals surface area (Å²) >= 11 is 0. The van der Waals surface area contributed by atoms with E-state index in [4.69, 9.17) is 9.47 Å². The number of amides is 2. The summed E-state index contributed by atoms with van der Waals surface area (Å²) in [6.07, 6.45) is 3.90. The molecule has 2 N–H and O–H groups in total. The van der Waals surface area contributed by atoms with Crippen molar-refractivity contribution in [3.8, 4) is 11.5 Å². The third kappa shape index (κ3) is 5.15. The number of anilines is 1. The van der Waals surface area contributed by atoms with Crippen LogP contribution in [0.5, 0.6) is 11.5 Å². The van der Waals surface area contributed by atoms with Gasteiger partial charge in [0.25, 0.3) is 0 Å². The quantitative estimate of drug-likeness (QED) is 0.830. The Hall–Kier alpha value is -2.69. The Labute approximate surface area is 154 Å². The van der Waals surface area contributed by atoms with E-state index in [-0.39, 0.29) is 18.2 Å². The molecule has 0 spiro atoms. The van der Waals surface area contributed by atoms with Gasteiger partial charge in [0.2, 0.25) is 0 Å². The van der Waals surface area contributed by atoms with Crippen molar-refractivity contribution >= 4 is 11.7 Å². The molecule has 1 aliphatic carbocycles. The van der Waals surface area contributed by atoms with Gasteiger partial charge in [-0.05, 0) is 74.6 Å². The molecule has 0 atom stereocenters. The first-order valence-electron chi connectivity index (χ1n) is 9.07. The van der Waals surface area contributed by atoms with Crippen LogP contribution in [0.15, 0.2) is 48.5 Å². The zero-order valence-electron chi connectivity index (χ0n) is 15.3. The summed E-state index contributed by atoms with van der Waals surface area (Å²) in [6.45, 7) is 2.01. The van der Waals surface area contributed by atoms with Gasteiger partial charge in [-0.1, -0.05) is 12.1 Å². The summed E-state index contributed by atoms with van der Waals surface area (Å²) in [6, 6.07) is 15.5. The maximum Gasteiger partial charge on any atom is 0.319 e. The van der Waals surface area contributed by atoms with Gasteiger partial charge in [-0.15, -0.1) is 0 Å². The summed E-state index contributed by atoms with van der Waals surface area (Å²) < 4.78 is 11.2. The molecule has 0 aliphatic heterocycles. The molecule has 1 fully saturated rings. The second-order valence-corrected chi connectivity index (χ2v) is 6.73. The minimum absolute atomic E-state index is 0.143. The Balaban J connectivity index is 1.42. The number of carbonyl (C=O) groups excluding carboxylic acids is 1. The van der Waals surface area contributed by atoms with Crippen molar-refractivity contribution in [1.82, 2.24) is 5.32 Å². The van der Waals surface area contributed by atoms with Crippen LogP contribution in [0.25, 0.3) is 0 Å². The van der Waals surface area contributed by atoms with E-state index in [1.165, 1.54) is 0 Å². The van der Waals surface area contributed by atoms with Crippen molar-refractivity contribution in [3.63, 3.8) is 0 Å². The molecule has 2 aromatic rings. The maximum atomic E-state index is 12.2. The fourth-order valence-corrected chi connectivity index (χ4v) is 3.25. The zero-order valence-corrected chi connectivity index (χ0v) is 15.3. The van der Waals surface area contributed by atoms with Gasteiger partial charge in [0.1, 0.15) is 11.5 Å². The Morgan fingerprint density at radius 3 is 2.35 bits per heavy atom. The molecule has 138 valence electrons. The van der Waals surface area contributed by atoms with Crippen LogP contribution in [-0.4, -0.2) is 25.3 Å². The lowest BCUT2D eigenvalue weighted by Gasteiger charge is -2.29. The molecule has 2 amide bonds. The molecule has 3 rings (SSSR count). The molecule has 0 saturated heterocycles. The topological polar surface area (TPSA) is 59.6 Å². The van der Waals surface area contributed by atoms with E-state index in [2.05, 4.69) is 10.6 Å². The lowest BCUT2D eigenvalue weighted by Crippen LogP contribution is -2.41. The van der Waals surface area contributed by atoms with E-state index < -0.39 is 0 Å². The molecule has 0 bridgehead atoms. The summed E-state index contributed by atoms with van der Waals surface area (Å²) in [5.41, 5.74) is 1.94. The number of urea groups is 1. The summed E-state index contributed by atoms with van der Waals surface area (Å²) in [5, 5.41) is 5.96. The predicted molar refractivity (Wildman–Crippen MR) is 103 cm³/mol. The standard InChI is InChI=1S/C21H26N2O3/c1-15-4-3-5-17(14-15)23-21(24)22-16-6-8-19(9-7-16)26-20-12-10-18(25-2)11-13-20/h3-5,10-14,16,19H,6-9H2,1-2H3,(H2,22,23,24). The molecule has 26 heavy (non-hydrogen) atoms. The fourth-order valence-electron chi connectivity index (χ4n) is 3.25. The van der Waals surface area contributed by atoms with Crippen molar-refractivity contribution in [2.45, 2.75) is 44.8 Å². The largest absolute Gasteiger partial charge is 0.497 e. The molecule has 1 saturated carbocycles. The number of carbonyl (C=O) groups is 1.